The number of aromatic nitrogens is 1. The highest BCUT2D eigenvalue weighted by Gasteiger charge is 2.18. The van der Waals surface area contributed by atoms with Crippen LogP contribution in [0.25, 0.3) is 0 Å². The van der Waals surface area contributed by atoms with Gasteiger partial charge in [0.1, 0.15) is 16.9 Å². The zero-order chi connectivity index (χ0) is 13.9. The van der Waals surface area contributed by atoms with Gasteiger partial charge in [0, 0.05) is 11.4 Å². The molecule has 2 aromatic rings. The molecule has 0 aliphatic carbocycles. The molecule has 106 valence electrons. The number of fused-ring (bicyclic) bond motifs is 1. The number of thiazole rings is 1. The average Bonchev–Trinajstić information content (AvgIpc) is 3.12. The summed E-state index contributed by atoms with van der Waals surface area (Å²) in [5.41, 5.74) is 0.888. The highest BCUT2D eigenvalue weighted by molar-refractivity contribution is 7.09. The molecule has 0 bridgehead atoms. The second-order valence-corrected chi connectivity index (χ2v) is 5.50. The summed E-state index contributed by atoms with van der Waals surface area (Å²) in [6.45, 7) is 2.33. The van der Waals surface area contributed by atoms with Crippen LogP contribution in [0.15, 0.2) is 23.6 Å². The Hall–Kier alpha value is -1.46. The monoisotopic (exact) mass is 311 g/mol. The maximum absolute atomic E-state index is 6.00. The Labute approximate surface area is 126 Å². The highest BCUT2D eigenvalue weighted by Crippen LogP contribution is 2.37. The van der Waals surface area contributed by atoms with Crippen LogP contribution in [0.3, 0.4) is 0 Å². The normalized spacial score (nSPS) is 14.3. The third-order valence-electron chi connectivity index (χ3n) is 2.98. The Morgan fingerprint density at radius 2 is 2.25 bits per heavy atom. The number of nitrogens with zero attached hydrogens (tertiary/aromatic N) is 1. The molecule has 0 saturated heterocycles. The number of hydrogen-bond acceptors (Lipinski definition) is 5. The Morgan fingerprint density at radius 3 is 3.00 bits per heavy atom. The zero-order valence-electron chi connectivity index (χ0n) is 11.0. The van der Waals surface area contributed by atoms with Crippen molar-refractivity contribution >= 4 is 22.9 Å². The van der Waals surface area contributed by atoms with Crippen molar-refractivity contribution in [1.82, 2.24) is 4.98 Å². The van der Waals surface area contributed by atoms with E-state index in [1.165, 1.54) is 0 Å². The minimum Gasteiger partial charge on any atom is -0.483 e. The fourth-order valence-electron chi connectivity index (χ4n) is 1.95. The molecule has 3 rings (SSSR count). The Bertz CT molecular complexity index is 602. The van der Waals surface area contributed by atoms with Gasteiger partial charge >= 0.3 is 0 Å². The predicted molar refractivity (Wildman–Crippen MR) is 77.9 cm³/mol. The third kappa shape index (κ3) is 2.69. The van der Waals surface area contributed by atoms with Gasteiger partial charge in [0.15, 0.2) is 11.5 Å². The van der Waals surface area contributed by atoms with E-state index in [2.05, 4.69) is 11.9 Å². The van der Waals surface area contributed by atoms with E-state index >= 15 is 0 Å². The molecule has 1 aromatic heterocycles. The summed E-state index contributed by atoms with van der Waals surface area (Å²) in [4.78, 5) is 4.47. The summed E-state index contributed by atoms with van der Waals surface area (Å²) in [6, 6.07) is 5.59. The fraction of sp³-hybridized carbons (Fsp3) is 0.357. The van der Waals surface area contributed by atoms with Crippen molar-refractivity contribution in [2.45, 2.75) is 25.3 Å². The van der Waals surface area contributed by atoms with Crippen molar-refractivity contribution in [2.75, 3.05) is 6.79 Å². The first-order chi connectivity index (χ1) is 9.80. The number of halogens is 1. The van der Waals surface area contributed by atoms with Crippen LogP contribution < -0.4 is 14.2 Å². The fourth-order valence-corrected chi connectivity index (χ4v) is 3.11. The minimum absolute atomic E-state index is 0.0719. The molecule has 1 aromatic carbocycles. The summed E-state index contributed by atoms with van der Waals surface area (Å²) in [7, 11) is 0. The highest BCUT2D eigenvalue weighted by atomic mass is 35.5. The van der Waals surface area contributed by atoms with Crippen LogP contribution in [0.2, 0.25) is 0 Å². The number of alkyl halides is 1. The van der Waals surface area contributed by atoms with E-state index in [4.69, 9.17) is 25.8 Å². The molecular weight excluding hydrogens is 298 g/mol. The topological polar surface area (TPSA) is 40.6 Å². The summed E-state index contributed by atoms with van der Waals surface area (Å²) < 4.78 is 16.6. The quantitative estimate of drug-likeness (QED) is 0.778. The Balaban J connectivity index is 1.77. The smallest absolute Gasteiger partial charge is 0.231 e. The first-order valence-electron chi connectivity index (χ1n) is 6.36. The van der Waals surface area contributed by atoms with Crippen LogP contribution >= 0.6 is 22.9 Å². The van der Waals surface area contributed by atoms with E-state index in [0.717, 1.165) is 34.4 Å². The van der Waals surface area contributed by atoms with Crippen molar-refractivity contribution in [3.05, 3.63) is 34.3 Å². The molecular formula is C14H14ClNO3S. The zero-order valence-corrected chi connectivity index (χ0v) is 12.5. The van der Waals surface area contributed by atoms with Crippen molar-refractivity contribution < 1.29 is 14.2 Å². The molecule has 0 radical (unpaired) electrons. The van der Waals surface area contributed by atoms with Crippen molar-refractivity contribution in [3.63, 3.8) is 0 Å². The molecule has 0 amide bonds. The van der Waals surface area contributed by atoms with Gasteiger partial charge in [-0.1, -0.05) is 6.92 Å². The predicted octanol–water partition coefficient (Wildman–Crippen LogP) is 4.14. The van der Waals surface area contributed by atoms with E-state index in [0.29, 0.717) is 5.88 Å². The van der Waals surface area contributed by atoms with Crippen molar-refractivity contribution in [1.29, 1.82) is 0 Å². The van der Waals surface area contributed by atoms with Crippen LogP contribution in [0.4, 0.5) is 0 Å². The van der Waals surface area contributed by atoms with Gasteiger partial charge < -0.3 is 14.2 Å². The lowest BCUT2D eigenvalue weighted by Gasteiger charge is -2.15. The first-order valence-corrected chi connectivity index (χ1v) is 7.78. The van der Waals surface area contributed by atoms with Gasteiger partial charge in [0.25, 0.3) is 0 Å². The molecule has 0 N–H and O–H groups in total. The standard InChI is InChI=1S/C14H14ClNO3S/c1-2-11(14-16-9(6-15)7-20-14)19-10-3-4-12-13(5-10)18-8-17-12/h3-5,7,11H,2,6,8H2,1H3. The third-order valence-corrected chi connectivity index (χ3v) is 4.23. The second-order valence-electron chi connectivity index (χ2n) is 4.34. The number of benzene rings is 1. The van der Waals surface area contributed by atoms with E-state index < -0.39 is 0 Å². The summed E-state index contributed by atoms with van der Waals surface area (Å²) in [5, 5.41) is 2.91. The van der Waals surface area contributed by atoms with Gasteiger partial charge in [-0.15, -0.1) is 22.9 Å². The molecule has 1 aliphatic rings. The Kier molecular flexibility index (Phi) is 3.98. The van der Waals surface area contributed by atoms with Crippen molar-refractivity contribution in [2.24, 2.45) is 0 Å². The van der Waals surface area contributed by atoms with E-state index in [1.54, 1.807) is 11.3 Å². The van der Waals surface area contributed by atoms with Crippen LogP contribution in [0.5, 0.6) is 17.2 Å². The lowest BCUT2D eigenvalue weighted by Crippen LogP contribution is -2.06. The van der Waals surface area contributed by atoms with E-state index in [-0.39, 0.29) is 12.9 Å². The molecule has 4 nitrogen and oxygen atoms in total. The molecule has 2 heterocycles. The van der Waals surface area contributed by atoms with Crippen LogP contribution in [0, 0.1) is 0 Å². The lowest BCUT2D eigenvalue weighted by molar-refractivity contribution is 0.173. The molecule has 1 aliphatic heterocycles. The van der Waals surface area contributed by atoms with Gasteiger partial charge in [0.2, 0.25) is 6.79 Å². The molecule has 1 unspecified atom stereocenters. The van der Waals surface area contributed by atoms with Crippen molar-refractivity contribution in [3.8, 4) is 17.2 Å². The average molecular weight is 312 g/mol. The van der Waals surface area contributed by atoms with Gasteiger partial charge in [-0.05, 0) is 18.6 Å². The minimum atomic E-state index is -0.0719. The summed E-state index contributed by atoms with van der Waals surface area (Å²) in [6.07, 6.45) is 0.765. The molecule has 0 spiro atoms. The van der Waals surface area contributed by atoms with Gasteiger partial charge in [-0.25, -0.2) is 4.98 Å². The van der Waals surface area contributed by atoms with Gasteiger partial charge in [0.05, 0.1) is 11.6 Å². The second kappa shape index (κ2) is 5.89. The molecule has 0 fully saturated rings. The van der Waals surface area contributed by atoms with Crippen LogP contribution in [-0.2, 0) is 5.88 Å². The number of ether oxygens (including phenoxy) is 3. The molecule has 20 heavy (non-hydrogen) atoms. The summed E-state index contributed by atoms with van der Waals surface area (Å²) >= 11 is 7.36. The number of hydrogen-bond donors (Lipinski definition) is 0. The molecule has 1 atom stereocenters. The molecule has 0 saturated carbocycles. The number of rotatable bonds is 5. The first kappa shape index (κ1) is 13.5. The van der Waals surface area contributed by atoms with E-state index in [1.807, 2.05) is 23.6 Å². The van der Waals surface area contributed by atoms with Gasteiger partial charge in [-0.2, -0.15) is 0 Å². The summed E-state index contributed by atoms with van der Waals surface area (Å²) in [5.74, 6) is 2.66. The Morgan fingerprint density at radius 1 is 1.40 bits per heavy atom. The van der Waals surface area contributed by atoms with E-state index in [9.17, 15) is 0 Å². The lowest BCUT2D eigenvalue weighted by atomic mass is 10.2. The largest absolute Gasteiger partial charge is 0.483 e. The maximum Gasteiger partial charge on any atom is 0.231 e. The van der Waals surface area contributed by atoms with Crippen LogP contribution in [0.1, 0.15) is 30.2 Å². The van der Waals surface area contributed by atoms with Crippen LogP contribution in [-0.4, -0.2) is 11.8 Å². The van der Waals surface area contributed by atoms with Gasteiger partial charge in [-0.3, -0.25) is 0 Å². The molecule has 6 heteroatoms. The maximum atomic E-state index is 6.00. The SMILES string of the molecule is CCC(Oc1ccc2c(c1)OCO2)c1nc(CCl)cs1.